The van der Waals surface area contributed by atoms with Crippen molar-refractivity contribution in [2.24, 2.45) is 0 Å². The Labute approximate surface area is 145 Å². The normalized spacial score (nSPS) is 10.0. The number of carbonyl (C=O) groups excluding carboxylic acids is 1. The molecule has 0 saturated carbocycles. The minimum Gasteiger partial charge on any atom is -0.324 e. The molecule has 0 aliphatic carbocycles. The van der Waals surface area contributed by atoms with Crippen LogP contribution < -0.4 is 5.32 Å². The number of hydrogen-bond donors (Lipinski definition) is 1. The van der Waals surface area contributed by atoms with Crippen LogP contribution in [0.15, 0.2) is 42.5 Å². The average Bonchev–Trinajstić information content (AvgIpc) is 2.55. The highest BCUT2D eigenvalue weighted by atomic mass is 35.5. The van der Waals surface area contributed by atoms with Crippen LogP contribution in [0.3, 0.4) is 0 Å². The van der Waals surface area contributed by atoms with Gasteiger partial charge in [-0.15, -0.1) is 0 Å². The second kappa shape index (κ2) is 8.12. The molecule has 0 aliphatic heterocycles. The Morgan fingerprint density at radius 2 is 2.00 bits per heavy atom. The number of nitrogens with zero attached hydrogens (tertiary/aromatic N) is 3. The number of nitriles is 2. The molecule has 2 aromatic rings. The number of anilines is 1. The molecular weight excluding hydrogens is 324 g/mol. The summed E-state index contributed by atoms with van der Waals surface area (Å²) in [6.45, 7) is 0.678. The van der Waals surface area contributed by atoms with Gasteiger partial charge in [0.1, 0.15) is 6.07 Å². The van der Waals surface area contributed by atoms with Crippen LogP contribution in [0.1, 0.15) is 16.7 Å². The molecule has 1 N–H and O–H groups in total. The Hall–Kier alpha value is -2.86. The smallest absolute Gasteiger partial charge is 0.238 e. The maximum absolute atomic E-state index is 12.2. The van der Waals surface area contributed by atoms with Crippen molar-refractivity contribution in [2.45, 2.75) is 6.54 Å². The Morgan fingerprint density at radius 3 is 2.71 bits per heavy atom. The molecule has 0 atom stereocenters. The first-order valence-corrected chi connectivity index (χ1v) is 7.56. The van der Waals surface area contributed by atoms with Crippen LogP contribution in [0.5, 0.6) is 0 Å². The molecule has 0 aromatic heterocycles. The molecule has 0 saturated heterocycles. The third kappa shape index (κ3) is 4.82. The van der Waals surface area contributed by atoms with E-state index in [0.717, 1.165) is 5.56 Å². The topological polar surface area (TPSA) is 79.9 Å². The third-order valence-corrected chi connectivity index (χ3v) is 3.53. The van der Waals surface area contributed by atoms with Crippen molar-refractivity contribution in [1.82, 2.24) is 4.90 Å². The molecule has 0 bridgehead atoms. The number of halogens is 1. The fourth-order valence-electron chi connectivity index (χ4n) is 2.26. The van der Waals surface area contributed by atoms with E-state index in [9.17, 15) is 4.79 Å². The lowest BCUT2D eigenvalue weighted by Crippen LogP contribution is -2.30. The van der Waals surface area contributed by atoms with Gasteiger partial charge >= 0.3 is 0 Å². The van der Waals surface area contributed by atoms with Crippen molar-refractivity contribution in [3.05, 3.63) is 64.2 Å². The van der Waals surface area contributed by atoms with E-state index in [-0.39, 0.29) is 12.5 Å². The van der Waals surface area contributed by atoms with Crippen LogP contribution in [0.4, 0.5) is 5.69 Å². The van der Waals surface area contributed by atoms with Gasteiger partial charge in [-0.25, -0.2) is 0 Å². The third-order valence-electron chi connectivity index (χ3n) is 3.30. The van der Waals surface area contributed by atoms with E-state index in [1.54, 1.807) is 30.3 Å². The zero-order chi connectivity index (χ0) is 17.5. The first-order valence-electron chi connectivity index (χ1n) is 7.19. The van der Waals surface area contributed by atoms with Crippen molar-refractivity contribution >= 4 is 23.2 Å². The standard InChI is InChI=1S/C18H15ClN4O/c1-23(11-14-4-2-3-13(7-14)9-20)12-18(24)22-17-8-16(19)6-5-15(17)10-21/h2-8H,11-12H2,1H3,(H,22,24). The molecule has 2 rings (SSSR count). The van der Waals surface area contributed by atoms with Gasteiger partial charge in [0.25, 0.3) is 0 Å². The Kier molecular flexibility index (Phi) is 5.92. The van der Waals surface area contributed by atoms with Crippen LogP contribution >= 0.6 is 11.6 Å². The van der Waals surface area contributed by atoms with Gasteiger partial charge in [0.2, 0.25) is 5.91 Å². The van der Waals surface area contributed by atoms with Crippen molar-refractivity contribution in [2.75, 3.05) is 18.9 Å². The molecule has 0 aliphatic rings. The van der Waals surface area contributed by atoms with Crippen molar-refractivity contribution < 1.29 is 4.79 Å². The van der Waals surface area contributed by atoms with Crippen LogP contribution in [0, 0.1) is 22.7 Å². The number of likely N-dealkylation sites (N-methyl/N-ethyl adjacent to an activating group) is 1. The highest BCUT2D eigenvalue weighted by Gasteiger charge is 2.11. The molecule has 0 fully saturated rings. The van der Waals surface area contributed by atoms with Crippen LogP contribution in [-0.4, -0.2) is 24.4 Å². The molecule has 0 spiro atoms. The molecular formula is C18H15ClN4O. The van der Waals surface area contributed by atoms with Gasteiger partial charge in [-0.05, 0) is 42.9 Å². The van der Waals surface area contributed by atoms with E-state index < -0.39 is 0 Å². The molecule has 5 nitrogen and oxygen atoms in total. The quantitative estimate of drug-likeness (QED) is 0.908. The fourth-order valence-corrected chi connectivity index (χ4v) is 2.43. The first-order chi connectivity index (χ1) is 11.5. The second-order valence-corrected chi connectivity index (χ2v) is 5.77. The Balaban J connectivity index is 1.98. The largest absolute Gasteiger partial charge is 0.324 e. The van der Waals surface area contributed by atoms with E-state index in [4.69, 9.17) is 22.1 Å². The fraction of sp³-hybridized carbons (Fsp3) is 0.167. The maximum Gasteiger partial charge on any atom is 0.238 e. The zero-order valence-corrected chi connectivity index (χ0v) is 13.8. The van der Waals surface area contributed by atoms with Gasteiger partial charge in [-0.2, -0.15) is 10.5 Å². The number of carbonyl (C=O) groups is 1. The van der Waals surface area contributed by atoms with E-state index >= 15 is 0 Å². The summed E-state index contributed by atoms with van der Waals surface area (Å²) in [5, 5.41) is 21.1. The van der Waals surface area contributed by atoms with E-state index in [1.807, 2.05) is 30.1 Å². The molecule has 24 heavy (non-hydrogen) atoms. The Bertz CT molecular complexity index is 836. The highest BCUT2D eigenvalue weighted by Crippen LogP contribution is 2.20. The lowest BCUT2D eigenvalue weighted by molar-refractivity contribution is -0.117. The monoisotopic (exact) mass is 338 g/mol. The van der Waals surface area contributed by atoms with Gasteiger partial charge in [0.15, 0.2) is 0 Å². The van der Waals surface area contributed by atoms with Crippen molar-refractivity contribution in [1.29, 1.82) is 10.5 Å². The minimum absolute atomic E-state index is 0.147. The number of rotatable bonds is 5. The summed E-state index contributed by atoms with van der Waals surface area (Å²) in [4.78, 5) is 14.0. The Morgan fingerprint density at radius 1 is 1.21 bits per heavy atom. The molecule has 120 valence electrons. The van der Waals surface area contributed by atoms with E-state index in [2.05, 4.69) is 11.4 Å². The molecule has 0 heterocycles. The van der Waals surface area contributed by atoms with E-state index in [1.165, 1.54) is 0 Å². The number of nitrogens with one attached hydrogen (secondary N) is 1. The maximum atomic E-state index is 12.2. The summed E-state index contributed by atoms with van der Waals surface area (Å²) < 4.78 is 0. The summed E-state index contributed by atoms with van der Waals surface area (Å²) in [5.41, 5.74) is 2.29. The minimum atomic E-state index is -0.243. The predicted molar refractivity (Wildman–Crippen MR) is 92.3 cm³/mol. The second-order valence-electron chi connectivity index (χ2n) is 5.33. The SMILES string of the molecule is CN(CC(=O)Nc1cc(Cl)ccc1C#N)Cc1cccc(C#N)c1. The van der Waals surface area contributed by atoms with Gasteiger partial charge in [0, 0.05) is 11.6 Å². The van der Waals surface area contributed by atoms with Crippen LogP contribution in [0.2, 0.25) is 5.02 Å². The molecule has 0 unspecified atom stereocenters. The zero-order valence-electron chi connectivity index (χ0n) is 13.1. The number of hydrogen-bond acceptors (Lipinski definition) is 4. The van der Waals surface area contributed by atoms with Crippen LogP contribution in [-0.2, 0) is 11.3 Å². The molecule has 2 aromatic carbocycles. The van der Waals surface area contributed by atoms with Gasteiger partial charge in [-0.1, -0.05) is 23.7 Å². The van der Waals surface area contributed by atoms with Crippen molar-refractivity contribution in [3.8, 4) is 12.1 Å². The molecule has 0 radical (unpaired) electrons. The molecule has 6 heteroatoms. The predicted octanol–water partition coefficient (Wildman–Crippen LogP) is 3.15. The summed E-state index contributed by atoms with van der Waals surface area (Å²) in [7, 11) is 1.81. The first kappa shape index (κ1) is 17.5. The summed E-state index contributed by atoms with van der Waals surface area (Å²) in [6.07, 6.45) is 0. The lowest BCUT2D eigenvalue weighted by Gasteiger charge is -2.17. The van der Waals surface area contributed by atoms with Gasteiger partial charge in [-0.3, -0.25) is 9.69 Å². The summed E-state index contributed by atoms with van der Waals surface area (Å²) in [5.74, 6) is -0.243. The summed E-state index contributed by atoms with van der Waals surface area (Å²) >= 11 is 5.90. The number of benzene rings is 2. The van der Waals surface area contributed by atoms with Gasteiger partial charge < -0.3 is 5.32 Å². The highest BCUT2D eigenvalue weighted by molar-refractivity contribution is 6.31. The number of amides is 1. The van der Waals surface area contributed by atoms with E-state index in [0.29, 0.717) is 28.4 Å². The molecule has 1 amide bonds. The summed E-state index contributed by atoms with van der Waals surface area (Å²) in [6, 6.07) is 16.1. The van der Waals surface area contributed by atoms with Gasteiger partial charge in [0.05, 0.1) is 29.4 Å². The lowest BCUT2D eigenvalue weighted by atomic mass is 10.1. The average molecular weight is 339 g/mol. The van der Waals surface area contributed by atoms with Crippen molar-refractivity contribution in [3.63, 3.8) is 0 Å². The van der Waals surface area contributed by atoms with Crippen LogP contribution in [0.25, 0.3) is 0 Å².